The number of nitro groups is 1. The molecular formula is C20H18ClN5O3S. The molecule has 1 N–H and O–H groups in total. The molecule has 0 unspecified atom stereocenters. The molecule has 10 heteroatoms. The van der Waals surface area contributed by atoms with E-state index in [9.17, 15) is 14.9 Å². The molecule has 0 radical (unpaired) electrons. The van der Waals surface area contributed by atoms with Crippen molar-refractivity contribution in [2.75, 3.05) is 5.32 Å². The third-order valence-electron chi connectivity index (χ3n) is 4.63. The van der Waals surface area contributed by atoms with Gasteiger partial charge in [0.15, 0.2) is 0 Å². The van der Waals surface area contributed by atoms with Crippen LogP contribution in [0, 0.1) is 10.1 Å². The van der Waals surface area contributed by atoms with Crippen LogP contribution in [-0.2, 0) is 4.79 Å². The third kappa shape index (κ3) is 4.47. The highest BCUT2D eigenvalue weighted by Gasteiger charge is 2.31. The molecule has 8 nitrogen and oxygen atoms in total. The molecular weight excluding hydrogens is 426 g/mol. The lowest BCUT2D eigenvalue weighted by molar-refractivity contribution is -0.384. The summed E-state index contributed by atoms with van der Waals surface area (Å²) in [4.78, 5) is 27.6. The largest absolute Gasteiger partial charge is 0.324 e. The van der Waals surface area contributed by atoms with Crippen LogP contribution in [0.1, 0.15) is 31.5 Å². The Labute approximate surface area is 181 Å². The van der Waals surface area contributed by atoms with Crippen LogP contribution in [0.2, 0.25) is 5.02 Å². The zero-order chi connectivity index (χ0) is 21.3. The number of rotatable bonds is 7. The van der Waals surface area contributed by atoms with Crippen molar-refractivity contribution in [2.45, 2.75) is 36.1 Å². The number of carbonyl (C=O) groups is 1. The lowest BCUT2D eigenvalue weighted by Gasteiger charge is -2.11. The number of amides is 1. The normalized spacial score (nSPS) is 14.3. The Morgan fingerprint density at radius 1 is 1.30 bits per heavy atom. The maximum atomic E-state index is 12.6. The second kappa shape index (κ2) is 8.45. The van der Waals surface area contributed by atoms with Gasteiger partial charge in [-0.05, 0) is 38.0 Å². The van der Waals surface area contributed by atoms with Crippen molar-refractivity contribution < 1.29 is 9.72 Å². The summed E-state index contributed by atoms with van der Waals surface area (Å²) in [5.74, 6) is 1.02. The zero-order valence-corrected chi connectivity index (χ0v) is 17.6. The molecule has 1 atom stereocenters. The number of para-hydroxylation sites is 1. The number of nitrogens with zero attached hydrogens (tertiary/aromatic N) is 4. The van der Waals surface area contributed by atoms with Gasteiger partial charge in [-0.15, -0.1) is 5.10 Å². The number of carbonyl (C=O) groups excluding carboxylic acids is 1. The quantitative estimate of drug-likeness (QED) is 0.319. The minimum atomic E-state index is -0.540. The Morgan fingerprint density at radius 2 is 2.03 bits per heavy atom. The van der Waals surface area contributed by atoms with Crippen molar-refractivity contribution in [3.05, 3.63) is 69.5 Å². The van der Waals surface area contributed by atoms with E-state index in [-0.39, 0.29) is 16.6 Å². The average molecular weight is 444 g/mol. The first-order chi connectivity index (χ1) is 14.4. The van der Waals surface area contributed by atoms with Crippen LogP contribution < -0.4 is 5.32 Å². The molecule has 1 saturated carbocycles. The lowest BCUT2D eigenvalue weighted by Crippen LogP contribution is -2.22. The van der Waals surface area contributed by atoms with Gasteiger partial charge in [0.1, 0.15) is 5.82 Å². The minimum absolute atomic E-state index is 0.109. The van der Waals surface area contributed by atoms with Crippen LogP contribution in [0.4, 0.5) is 11.4 Å². The lowest BCUT2D eigenvalue weighted by atomic mass is 10.2. The van der Waals surface area contributed by atoms with Crippen LogP contribution in [0.5, 0.6) is 0 Å². The highest BCUT2D eigenvalue weighted by atomic mass is 35.5. The summed E-state index contributed by atoms with van der Waals surface area (Å²) in [6.07, 6.45) is 2.18. The van der Waals surface area contributed by atoms with E-state index in [4.69, 9.17) is 11.6 Å². The zero-order valence-electron chi connectivity index (χ0n) is 16.0. The van der Waals surface area contributed by atoms with Gasteiger partial charge >= 0.3 is 0 Å². The molecule has 0 saturated heterocycles. The number of benzene rings is 2. The smallest absolute Gasteiger partial charge is 0.271 e. The molecule has 1 heterocycles. The fourth-order valence-electron chi connectivity index (χ4n) is 2.88. The van der Waals surface area contributed by atoms with Crippen molar-refractivity contribution in [2.24, 2.45) is 0 Å². The number of halogens is 1. The monoisotopic (exact) mass is 443 g/mol. The van der Waals surface area contributed by atoms with E-state index < -0.39 is 10.2 Å². The summed E-state index contributed by atoms with van der Waals surface area (Å²) in [5, 5.41) is 18.3. The second-order valence-electron chi connectivity index (χ2n) is 6.94. The Kier molecular flexibility index (Phi) is 5.74. The van der Waals surface area contributed by atoms with Gasteiger partial charge in [0.2, 0.25) is 11.1 Å². The number of thioether (sulfide) groups is 1. The van der Waals surface area contributed by atoms with Crippen molar-refractivity contribution >= 4 is 40.6 Å². The van der Waals surface area contributed by atoms with Crippen molar-refractivity contribution in [3.63, 3.8) is 0 Å². The summed E-state index contributed by atoms with van der Waals surface area (Å²) in [5.41, 5.74) is 1.12. The summed E-state index contributed by atoms with van der Waals surface area (Å²) < 4.78 is 1.85. The average Bonchev–Trinajstić information content (AvgIpc) is 3.50. The molecule has 1 amide bonds. The first kappa shape index (κ1) is 20.4. The van der Waals surface area contributed by atoms with E-state index in [1.165, 1.54) is 30.0 Å². The molecule has 154 valence electrons. The highest BCUT2D eigenvalue weighted by Crippen LogP contribution is 2.40. The predicted octanol–water partition coefficient (Wildman–Crippen LogP) is 4.83. The summed E-state index contributed by atoms with van der Waals surface area (Å²) in [6.45, 7) is 1.75. The number of nitrogens with one attached hydrogen (secondary N) is 1. The van der Waals surface area contributed by atoms with Crippen LogP contribution >= 0.6 is 23.4 Å². The summed E-state index contributed by atoms with van der Waals surface area (Å²) >= 11 is 7.32. The van der Waals surface area contributed by atoms with Crippen molar-refractivity contribution in [3.8, 4) is 5.69 Å². The first-order valence-corrected chi connectivity index (χ1v) is 10.6. The Balaban J connectivity index is 1.48. The van der Waals surface area contributed by atoms with Crippen molar-refractivity contribution in [1.82, 2.24) is 14.8 Å². The molecule has 0 aliphatic heterocycles. The fourth-order valence-corrected chi connectivity index (χ4v) is 3.86. The first-order valence-electron chi connectivity index (χ1n) is 9.36. The van der Waals surface area contributed by atoms with Gasteiger partial charge in [0.05, 0.1) is 26.6 Å². The molecule has 3 aromatic rings. The van der Waals surface area contributed by atoms with Gasteiger partial charge in [-0.25, -0.2) is 9.67 Å². The predicted molar refractivity (Wildman–Crippen MR) is 115 cm³/mol. The van der Waals surface area contributed by atoms with E-state index in [1.54, 1.807) is 6.92 Å². The minimum Gasteiger partial charge on any atom is -0.324 e. The SMILES string of the molecule is C[C@@H](Sc1nc(C2CC2)n(-c2ccccc2)n1)C(=O)Nc1ccc([N+](=O)[O-])cc1Cl. The third-order valence-corrected chi connectivity index (χ3v) is 5.89. The van der Waals surface area contributed by atoms with Crippen LogP contribution in [0.15, 0.2) is 53.7 Å². The molecule has 30 heavy (non-hydrogen) atoms. The molecule has 0 bridgehead atoms. The van der Waals surface area contributed by atoms with Crippen LogP contribution in [0.3, 0.4) is 0 Å². The molecule has 1 fully saturated rings. The summed E-state index contributed by atoms with van der Waals surface area (Å²) in [7, 11) is 0. The van der Waals surface area contributed by atoms with Gasteiger partial charge in [0, 0.05) is 18.1 Å². The second-order valence-corrected chi connectivity index (χ2v) is 8.66. The Hall–Kier alpha value is -2.91. The molecule has 1 aliphatic rings. The number of non-ortho nitro benzene ring substituents is 1. The van der Waals surface area contributed by atoms with E-state index >= 15 is 0 Å². The Bertz CT molecular complexity index is 1100. The fraction of sp³-hybridized carbons (Fsp3) is 0.250. The number of nitro benzene ring substituents is 1. The maximum absolute atomic E-state index is 12.6. The molecule has 4 rings (SSSR count). The number of hydrogen-bond donors (Lipinski definition) is 1. The van der Waals surface area contributed by atoms with E-state index in [0.717, 1.165) is 24.4 Å². The molecule has 1 aromatic heterocycles. The van der Waals surface area contributed by atoms with Gasteiger partial charge in [-0.1, -0.05) is 41.6 Å². The van der Waals surface area contributed by atoms with E-state index in [0.29, 0.717) is 16.8 Å². The number of aromatic nitrogens is 3. The molecule has 2 aromatic carbocycles. The van der Waals surface area contributed by atoms with Gasteiger partial charge < -0.3 is 5.32 Å². The van der Waals surface area contributed by atoms with E-state index in [1.807, 2.05) is 35.0 Å². The Morgan fingerprint density at radius 3 is 2.67 bits per heavy atom. The standard InChI is InChI=1S/C20H18ClN5O3S/c1-12(19(27)22-17-10-9-15(26(28)29)11-16(17)21)30-20-23-18(13-7-8-13)25(24-20)14-5-3-2-4-6-14/h2-6,9-13H,7-8H2,1H3,(H,22,27)/t12-/m1/s1. The number of hydrogen-bond acceptors (Lipinski definition) is 6. The maximum Gasteiger partial charge on any atom is 0.271 e. The van der Waals surface area contributed by atoms with Crippen molar-refractivity contribution in [1.29, 1.82) is 0 Å². The molecule has 0 spiro atoms. The molecule has 1 aliphatic carbocycles. The highest BCUT2D eigenvalue weighted by molar-refractivity contribution is 8.00. The van der Waals surface area contributed by atoms with Crippen LogP contribution in [-0.4, -0.2) is 30.8 Å². The van der Waals surface area contributed by atoms with E-state index in [2.05, 4.69) is 15.4 Å². The van der Waals surface area contributed by atoms with Gasteiger partial charge in [-0.3, -0.25) is 14.9 Å². The van der Waals surface area contributed by atoms with Crippen LogP contribution in [0.25, 0.3) is 5.69 Å². The summed E-state index contributed by atoms with van der Waals surface area (Å²) in [6, 6.07) is 13.7. The topological polar surface area (TPSA) is 103 Å². The van der Waals surface area contributed by atoms with Gasteiger partial charge in [-0.2, -0.15) is 0 Å². The van der Waals surface area contributed by atoms with Gasteiger partial charge in [0.25, 0.3) is 5.69 Å². The number of anilines is 1.